The Bertz CT molecular complexity index is 355. The van der Waals surface area contributed by atoms with Crippen LogP contribution in [0.3, 0.4) is 0 Å². The molecule has 0 saturated carbocycles. The molecule has 0 radical (unpaired) electrons. The zero-order chi connectivity index (χ0) is 7.84. The van der Waals surface area contributed by atoms with E-state index in [0.717, 1.165) is 0 Å². The Kier molecular flexibility index (Phi) is 1.38. The van der Waals surface area contributed by atoms with E-state index >= 15 is 0 Å². The molecule has 1 aliphatic heterocycles. The minimum absolute atomic E-state index is 0.162. The average molecular weight is 170 g/mol. The van der Waals surface area contributed by atoms with E-state index in [-0.39, 0.29) is 11.1 Å². The number of aromatic nitrogens is 2. The molecule has 0 bridgehead atoms. The molecular formula is C6H6N2O2S. The van der Waals surface area contributed by atoms with Crippen molar-refractivity contribution in [3.05, 3.63) is 31.8 Å². The molecule has 1 aromatic rings. The fraction of sp³-hybridized carbons (Fsp3) is 0.333. The number of fused-ring (bicyclic) bond motifs is 1. The first-order chi connectivity index (χ1) is 5.29. The largest absolute Gasteiger partial charge is 0.268 e. The third-order valence-electron chi connectivity index (χ3n) is 1.69. The first kappa shape index (κ1) is 6.72. The molecule has 4 nitrogen and oxygen atoms in total. The molecule has 5 heteroatoms. The van der Waals surface area contributed by atoms with E-state index in [9.17, 15) is 9.59 Å². The molecule has 1 aliphatic rings. The van der Waals surface area contributed by atoms with Gasteiger partial charge in [0.25, 0.3) is 11.1 Å². The van der Waals surface area contributed by atoms with Crippen molar-refractivity contribution >= 4 is 11.8 Å². The molecule has 0 spiro atoms. The van der Waals surface area contributed by atoms with Gasteiger partial charge in [0, 0.05) is 22.6 Å². The Morgan fingerprint density at radius 1 is 1.00 bits per heavy atom. The number of nitrogens with one attached hydrogen (secondary N) is 2. The van der Waals surface area contributed by atoms with E-state index in [4.69, 9.17) is 0 Å². The van der Waals surface area contributed by atoms with Crippen LogP contribution in [0.2, 0.25) is 0 Å². The van der Waals surface area contributed by atoms with Gasteiger partial charge in [0.05, 0.1) is 0 Å². The van der Waals surface area contributed by atoms with Crippen molar-refractivity contribution in [1.82, 2.24) is 10.2 Å². The zero-order valence-electron chi connectivity index (χ0n) is 5.64. The quantitative estimate of drug-likeness (QED) is 0.567. The van der Waals surface area contributed by atoms with E-state index < -0.39 is 0 Å². The van der Waals surface area contributed by atoms with Gasteiger partial charge in [-0.3, -0.25) is 19.8 Å². The van der Waals surface area contributed by atoms with E-state index in [1.54, 1.807) is 11.8 Å². The highest BCUT2D eigenvalue weighted by atomic mass is 32.2. The van der Waals surface area contributed by atoms with Crippen LogP contribution >= 0.6 is 11.8 Å². The molecular weight excluding hydrogens is 164 g/mol. The predicted molar refractivity (Wildman–Crippen MR) is 42.7 cm³/mol. The molecule has 2 rings (SSSR count). The van der Waals surface area contributed by atoms with Crippen molar-refractivity contribution in [2.45, 2.75) is 11.5 Å². The zero-order valence-corrected chi connectivity index (χ0v) is 6.46. The molecule has 2 heterocycles. The smallest absolute Gasteiger partial charge is 0.266 e. The predicted octanol–water partition coefficient (Wildman–Crippen LogP) is -0.190. The van der Waals surface area contributed by atoms with Crippen LogP contribution in [-0.2, 0) is 11.5 Å². The fourth-order valence-corrected chi connectivity index (χ4v) is 2.22. The highest BCUT2D eigenvalue weighted by Gasteiger charge is 2.17. The maximum Gasteiger partial charge on any atom is 0.266 e. The van der Waals surface area contributed by atoms with Crippen molar-refractivity contribution in [1.29, 1.82) is 0 Å². The summed E-state index contributed by atoms with van der Waals surface area (Å²) < 4.78 is 0. The van der Waals surface area contributed by atoms with Crippen molar-refractivity contribution < 1.29 is 0 Å². The number of H-pyrrole nitrogens is 2. The number of rotatable bonds is 0. The lowest BCUT2D eigenvalue weighted by Gasteiger charge is -1.91. The summed E-state index contributed by atoms with van der Waals surface area (Å²) in [6, 6.07) is 0. The maximum atomic E-state index is 11.0. The lowest BCUT2D eigenvalue weighted by atomic mass is 10.2. The van der Waals surface area contributed by atoms with Gasteiger partial charge in [-0.15, -0.1) is 0 Å². The first-order valence-electron chi connectivity index (χ1n) is 3.19. The Labute approximate surface area is 66.0 Å². The van der Waals surface area contributed by atoms with Crippen LogP contribution in [0.15, 0.2) is 9.59 Å². The lowest BCUT2D eigenvalue weighted by Crippen LogP contribution is -2.24. The van der Waals surface area contributed by atoms with E-state index in [0.29, 0.717) is 22.6 Å². The van der Waals surface area contributed by atoms with Crippen molar-refractivity contribution in [3.63, 3.8) is 0 Å². The molecule has 11 heavy (non-hydrogen) atoms. The fourth-order valence-electron chi connectivity index (χ4n) is 1.10. The van der Waals surface area contributed by atoms with Crippen molar-refractivity contribution in [2.24, 2.45) is 0 Å². The lowest BCUT2D eigenvalue weighted by molar-refractivity contribution is 0.915. The van der Waals surface area contributed by atoms with E-state index in [1.165, 1.54) is 0 Å². The van der Waals surface area contributed by atoms with E-state index in [2.05, 4.69) is 10.2 Å². The van der Waals surface area contributed by atoms with Gasteiger partial charge in [-0.05, 0) is 0 Å². The highest BCUT2D eigenvalue weighted by Crippen LogP contribution is 2.23. The highest BCUT2D eigenvalue weighted by molar-refractivity contribution is 7.98. The van der Waals surface area contributed by atoms with Crippen LogP contribution in [0.25, 0.3) is 0 Å². The summed E-state index contributed by atoms with van der Waals surface area (Å²) in [5.41, 5.74) is 0.951. The number of hydrogen-bond acceptors (Lipinski definition) is 3. The monoisotopic (exact) mass is 170 g/mol. The molecule has 0 amide bonds. The average Bonchev–Trinajstić information content (AvgIpc) is 2.45. The second kappa shape index (κ2) is 2.27. The van der Waals surface area contributed by atoms with Gasteiger partial charge in [-0.1, -0.05) is 0 Å². The van der Waals surface area contributed by atoms with Crippen LogP contribution in [0, 0.1) is 0 Å². The van der Waals surface area contributed by atoms with Crippen LogP contribution < -0.4 is 11.1 Å². The minimum atomic E-state index is -0.162. The van der Waals surface area contributed by atoms with Crippen LogP contribution in [0.4, 0.5) is 0 Å². The first-order valence-corrected chi connectivity index (χ1v) is 4.35. The summed E-state index contributed by atoms with van der Waals surface area (Å²) in [7, 11) is 0. The topological polar surface area (TPSA) is 65.7 Å². The van der Waals surface area contributed by atoms with Crippen LogP contribution in [0.1, 0.15) is 11.1 Å². The second-order valence-corrected chi connectivity index (χ2v) is 3.34. The Balaban J connectivity index is 2.84. The molecule has 58 valence electrons. The number of thioether (sulfide) groups is 1. The van der Waals surface area contributed by atoms with Gasteiger partial charge in [0.2, 0.25) is 0 Å². The van der Waals surface area contributed by atoms with Crippen LogP contribution in [-0.4, -0.2) is 10.2 Å². The summed E-state index contributed by atoms with van der Waals surface area (Å²) in [6.07, 6.45) is 0. The molecule has 2 N–H and O–H groups in total. The molecule has 1 aromatic heterocycles. The van der Waals surface area contributed by atoms with Gasteiger partial charge in [0.1, 0.15) is 0 Å². The summed E-state index contributed by atoms with van der Waals surface area (Å²) in [5.74, 6) is 1.32. The van der Waals surface area contributed by atoms with Crippen molar-refractivity contribution in [2.75, 3.05) is 0 Å². The molecule has 0 saturated heterocycles. The van der Waals surface area contributed by atoms with Gasteiger partial charge >= 0.3 is 0 Å². The Hall–Kier alpha value is -0.970. The Morgan fingerprint density at radius 2 is 1.45 bits per heavy atom. The summed E-state index contributed by atoms with van der Waals surface area (Å²) in [4.78, 5) is 22.0. The molecule has 0 aliphatic carbocycles. The minimum Gasteiger partial charge on any atom is -0.268 e. The normalized spacial score (nSPS) is 14.9. The van der Waals surface area contributed by atoms with Crippen molar-refractivity contribution in [3.8, 4) is 0 Å². The maximum absolute atomic E-state index is 11.0. The summed E-state index contributed by atoms with van der Waals surface area (Å²) in [5, 5.41) is 4.59. The van der Waals surface area contributed by atoms with E-state index in [1.807, 2.05) is 0 Å². The van der Waals surface area contributed by atoms with Gasteiger partial charge in [0.15, 0.2) is 0 Å². The van der Waals surface area contributed by atoms with Gasteiger partial charge in [-0.2, -0.15) is 11.8 Å². The van der Waals surface area contributed by atoms with Crippen LogP contribution in [0.5, 0.6) is 0 Å². The van der Waals surface area contributed by atoms with Gasteiger partial charge in [-0.25, -0.2) is 0 Å². The third kappa shape index (κ3) is 0.920. The standard InChI is InChI=1S/C6H6N2O2S/c9-5-3-1-11-2-4(3)6(10)8-7-5/h1-2H2,(H,7,9)(H,8,10). The molecule has 0 fully saturated rings. The third-order valence-corrected chi connectivity index (χ3v) is 2.68. The number of hydrogen-bond donors (Lipinski definition) is 2. The molecule has 0 unspecified atom stereocenters. The summed E-state index contributed by atoms with van der Waals surface area (Å²) in [6.45, 7) is 0. The summed E-state index contributed by atoms with van der Waals surface area (Å²) >= 11 is 1.59. The second-order valence-electron chi connectivity index (χ2n) is 2.36. The number of aromatic amines is 2. The van der Waals surface area contributed by atoms with Gasteiger partial charge < -0.3 is 0 Å². The molecule has 0 atom stereocenters. The SMILES string of the molecule is O=c1[nH][nH]c(=O)c2c1CSC2. The molecule has 0 aromatic carbocycles. The Morgan fingerprint density at radius 3 is 1.91 bits per heavy atom.